The summed E-state index contributed by atoms with van der Waals surface area (Å²) >= 11 is 0. The Labute approximate surface area is 136 Å². The zero-order chi connectivity index (χ0) is 16.8. The molecule has 6 heteroatoms. The van der Waals surface area contributed by atoms with Crippen LogP contribution >= 0.6 is 0 Å². The standard InChI is InChI=1S/C17H24N2O4/c1-12-5-4-6-15(11-12)23-13(2)16(20)18-14-7-9-19(10-8-14)17(21)22-3/h4-6,11,13-14H,7-10H2,1-3H3,(H,18,20). The number of rotatable bonds is 4. The smallest absolute Gasteiger partial charge is 0.409 e. The highest BCUT2D eigenvalue weighted by Gasteiger charge is 2.26. The molecule has 0 aliphatic carbocycles. The molecule has 0 radical (unpaired) electrons. The molecule has 23 heavy (non-hydrogen) atoms. The van der Waals surface area contributed by atoms with E-state index in [9.17, 15) is 9.59 Å². The first-order chi connectivity index (χ1) is 11.0. The van der Waals surface area contributed by atoms with E-state index >= 15 is 0 Å². The van der Waals surface area contributed by atoms with E-state index < -0.39 is 6.10 Å². The highest BCUT2D eigenvalue weighted by atomic mass is 16.5. The van der Waals surface area contributed by atoms with Crippen molar-refractivity contribution in [1.82, 2.24) is 10.2 Å². The van der Waals surface area contributed by atoms with Gasteiger partial charge in [0.25, 0.3) is 5.91 Å². The molecule has 1 aliphatic heterocycles. The Hall–Kier alpha value is -2.24. The van der Waals surface area contributed by atoms with Gasteiger partial charge in [-0.1, -0.05) is 12.1 Å². The van der Waals surface area contributed by atoms with Gasteiger partial charge in [0.15, 0.2) is 6.10 Å². The minimum atomic E-state index is -0.560. The van der Waals surface area contributed by atoms with E-state index in [0.29, 0.717) is 18.8 Å². The lowest BCUT2D eigenvalue weighted by molar-refractivity contribution is -0.128. The number of hydrogen-bond donors (Lipinski definition) is 1. The highest BCUT2D eigenvalue weighted by molar-refractivity contribution is 5.81. The molecule has 1 N–H and O–H groups in total. The maximum Gasteiger partial charge on any atom is 0.409 e. The number of carbonyl (C=O) groups is 2. The second-order valence-electron chi connectivity index (χ2n) is 5.82. The van der Waals surface area contributed by atoms with Crippen LogP contribution in [0.15, 0.2) is 24.3 Å². The van der Waals surface area contributed by atoms with E-state index in [1.807, 2.05) is 31.2 Å². The molecule has 1 aromatic carbocycles. The van der Waals surface area contributed by atoms with Crippen LogP contribution < -0.4 is 10.1 Å². The molecule has 0 saturated carbocycles. The number of nitrogens with one attached hydrogen (secondary N) is 1. The van der Waals surface area contributed by atoms with Crippen LogP contribution in [-0.2, 0) is 9.53 Å². The minimum Gasteiger partial charge on any atom is -0.481 e. The first-order valence-electron chi connectivity index (χ1n) is 7.86. The Balaban J connectivity index is 1.79. The summed E-state index contributed by atoms with van der Waals surface area (Å²) < 4.78 is 10.4. The predicted molar refractivity (Wildman–Crippen MR) is 86.4 cm³/mol. The van der Waals surface area contributed by atoms with Crippen molar-refractivity contribution in [1.29, 1.82) is 0 Å². The minimum absolute atomic E-state index is 0.0620. The largest absolute Gasteiger partial charge is 0.481 e. The molecule has 0 aromatic heterocycles. The van der Waals surface area contributed by atoms with Crippen molar-refractivity contribution in [2.45, 2.75) is 38.8 Å². The molecule has 126 valence electrons. The maximum absolute atomic E-state index is 12.2. The number of nitrogens with zero attached hydrogens (tertiary/aromatic N) is 1. The lowest BCUT2D eigenvalue weighted by Gasteiger charge is -2.31. The third-order valence-corrected chi connectivity index (χ3v) is 3.95. The maximum atomic E-state index is 12.2. The topological polar surface area (TPSA) is 67.9 Å². The number of benzene rings is 1. The SMILES string of the molecule is COC(=O)N1CCC(NC(=O)C(C)Oc2cccc(C)c2)CC1. The predicted octanol–water partition coefficient (Wildman–Crippen LogP) is 2.11. The van der Waals surface area contributed by atoms with Crippen LogP contribution in [0.3, 0.4) is 0 Å². The number of methoxy groups -OCH3 is 1. The lowest BCUT2D eigenvalue weighted by atomic mass is 10.1. The van der Waals surface area contributed by atoms with Gasteiger partial charge in [0, 0.05) is 19.1 Å². The Morgan fingerprint density at radius 1 is 1.30 bits per heavy atom. The van der Waals surface area contributed by atoms with Gasteiger partial charge in [-0.15, -0.1) is 0 Å². The van der Waals surface area contributed by atoms with E-state index in [4.69, 9.17) is 9.47 Å². The summed E-state index contributed by atoms with van der Waals surface area (Å²) in [4.78, 5) is 25.3. The Morgan fingerprint density at radius 2 is 2.00 bits per heavy atom. The average molecular weight is 320 g/mol. The molecule has 2 amide bonds. The number of hydrogen-bond acceptors (Lipinski definition) is 4. The summed E-state index contributed by atoms with van der Waals surface area (Å²) in [5.74, 6) is 0.552. The molecule has 1 fully saturated rings. The summed E-state index contributed by atoms with van der Waals surface area (Å²) in [7, 11) is 1.38. The van der Waals surface area contributed by atoms with Gasteiger partial charge in [-0.2, -0.15) is 0 Å². The van der Waals surface area contributed by atoms with Crippen LogP contribution in [0.2, 0.25) is 0 Å². The van der Waals surface area contributed by atoms with Crippen molar-refractivity contribution in [3.63, 3.8) is 0 Å². The van der Waals surface area contributed by atoms with Gasteiger partial charge in [-0.25, -0.2) is 4.79 Å². The quantitative estimate of drug-likeness (QED) is 0.922. The van der Waals surface area contributed by atoms with Crippen LogP contribution in [0, 0.1) is 6.92 Å². The molecule has 1 aliphatic rings. The van der Waals surface area contributed by atoms with Crippen molar-refractivity contribution in [3.05, 3.63) is 29.8 Å². The third kappa shape index (κ3) is 4.87. The fourth-order valence-corrected chi connectivity index (χ4v) is 2.60. The van der Waals surface area contributed by atoms with Gasteiger partial charge in [0.1, 0.15) is 5.75 Å². The molecule has 2 rings (SSSR count). The molecule has 6 nitrogen and oxygen atoms in total. The van der Waals surface area contributed by atoms with Crippen LogP contribution in [0.5, 0.6) is 5.75 Å². The van der Waals surface area contributed by atoms with Crippen LogP contribution in [-0.4, -0.2) is 49.2 Å². The average Bonchev–Trinajstić information content (AvgIpc) is 2.54. The molecular weight excluding hydrogens is 296 g/mol. The molecule has 1 saturated heterocycles. The van der Waals surface area contributed by atoms with E-state index in [2.05, 4.69) is 5.32 Å². The summed E-state index contributed by atoms with van der Waals surface area (Å²) in [6, 6.07) is 7.68. The van der Waals surface area contributed by atoms with Crippen molar-refractivity contribution in [2.24, 2.45) is 0 Å². The second kappa shape index (κ2) is 7.85. The highest BCUT2D eigenvalue weighted by Crippen LogP contribution is 2.15. The summed E-state index contributed by atoms with van der Waals surface area (Å²) in [5.41, 5.74) is 1.09. The van der Waals surface area contributed by atoms with Crippen LogP contribution in [0.1, 0.15) is 25.3 Å². The molecule has 1 heterocycles. The number of amides is 2. The molecule has 1 unspecified atom stereocenters. The van der Waals surface area contributed by atoms with Crippen molar-refractivity contribution in [2.75, 3.05) is 20.2 Å². The number of aryl methyl sites for hydroxylation is 1. The van der Waals surface area contributed by atoms with Crippen molar-refractivity contribution in [3.8, 4) is 5.75 Å². The molecular formula is C17H24N2O4. The Bertz CT molecular complexity index is 553. The molecule has 0 spiro atoms. The molecule has 0 bridgehead atoms. The molecule has 1 atom stereocenters. The van der Waals surface area contributed by atoms with Gasteiger partial charge < -0.3 is 19.7 Å². The van der Waals surface area contributed by atoms with Crippen LogP contribution in [0.25, 0.3) is 0 Å². The van der Waals surface area contributed by atoms with Gasteiger partial charge in [-0.05, 0) is 44.4 Å². The van der Waals surface area contributed by atoms with E-state index in [-0.39, 0.29) is 18.0 Å². The number of likely N-dealkylation sites (tertiary alicyclic amines) is 1. The number of piperidine rings is 1. The zero-order valence-electron chi connectivity index (χ0n) is 13.9. The third-order valence-electron chi connectivity index (χ3n) is 3.95. The van der Waals surface area contributed by atoms with Gasteiger partial charge >= 0.3 is 6.09 Å². The summed E-state index contributed by atoms with van der Waals surface area (Å²) in [6.07, 6.45) is 0.567. The monoisotopic (exact) mass is 320 g/mol. The first-order valence-corrected chi connectivity index (χ1v) is 7.86. The number of carbonyl (C=O) groups excluding carboxylic acids is 2. The van der Waals surface area contributed by atoms with Gasteiger partial charge in [0.05, 0.1) is 7.11 Å². The normalized spacial score (nSPS) is 16.6. The molecule has 1 aromatic rings. The van der Waals surface area contributed by atoms with Crippen molar-refractivity contribution < 1.29 is 19.1 Å². The first kappa shape index (κ1) is 17.1. The van der Waals surface area contributed by atoms with Crippen LogP contribution in [0.4, 0.5) is 4.79 Å². The Morgan fingerprint density at radius 3 is 2.61 bits per heavy atom. The fraction of sp³-hybridized carbons (Fsp3) is 0.529. The summed E-state index contributed by atoms with van der Waals surface area (Å²) in [6.45, 7) is 4.89. The zero-order valence-corrected chi connectivity index (χ0v) is 13.9. The second-order valence-corrected chi connectivity index (χ2v) is 5.82. The van der Waals surface area contributed by atoms with E-state index in [1.54, 1.807) is 11.8 Å². The van der Waals surface area contributed by atoms with Gasteiger partial charge in [0.2, 0.25) is 0 Å². The lowest BCUT2D eigenvalue weighted by Crippen LogP contribution is -2.49. The van der Waals surface area contributed by atoms with Gasteiger partial charge in [-0.3, -0.25) is 4.79 Å². The van der Waals surface area contributed by atoms with E-state index in [0.717, 1.165) is 18.4 Å². The summed E-state index contributed by atoms with van der Waals surface area (Å²) in [5, 5.41) is 2.99. The fourth-order valence-electron chi connectivity index (χ4n) is 2.60. The van der Waals surface area contributed by atoms with E-state index in [1.165, 1.54) is 7.11 Å². The Kier molecular flexibility index (Phi) is 5.84. The van der Waals surface area contributed by atoms with Crippen molar-refractivity contribution >= 4 is 12.0 Å². The number of ether oxygens (including phenoxy) is 2.